The molecular formula is C23H35N2O7P. The smallest absolute Gasteiger partial charge is 0.345 e. The van der Waals surface area contributed by atoms with Gasteiger partial charge in [0.2, 0.25) is 0 Å². The molecule has 0 amide bonds. The van der Waals surface area contributed by atoms with Crippen molar-refractivity contribution in [1.82, 2.24) is 10.1 Å². The standard InChI is InChI=1S/C23H35N2O7P/c1-7-10-15-28-18-13-11-17(12-14-18)21-24-20(25-32-21)16-19(22(26)31-23(4,5)6)33(27,29-8-2)30-9-3/h11-14,19H,7-10,15-16H2,1-6H3. The van der Waals surface area contributed by atoms with Crippen molar-refractivity contribution in [3.63, 3.8) is 0 Å². The predicted molar refractivity (Wildman–Crippen MR) is 124 cm³/mol. The van der Waals surface area contributed by atoms with E-state index in [4.69, 9.17) is 23.0 Å². The maximum absolute atomic E-state index is 13.4. The van der Waals surface area contributed by atoms with E-state index in [9.17, 15) is 9.36 Å². The lowest BCUT2D eigenvalue weighted by atomic mass is 10.2. The van der Waals surface area contributed by atoms with Crippen LogP contribution in [0.4, 0.5) is 0 Å². The van der Waals surface area contributed by atoms with E-state index in [-0.39, 0.29) is 31.3 Å². The third kappa shape index (κ3) is 8.25. The number of carbonyl (C=O) groups excluding carboxylic acids is 1. The molecule has 1 aromatic carbocycles. The van der Waals surface area contributed by atoms with Crippen LogP contribution in [0, 0.1) is 0 Å². The highest BCUT2D eigenvalue weighted by Gasteiger charge is 2.44. The Hall–Kier alpha value is -2.22. The zero-order chi connectivity index (χ0) is 24.5. The van der Waals surface area contributed by atoms with Crippen LogP contribution >= 0.6 is 7.60 Å². The number of nitrogens with zero attached hydrogens (tertiary/aromatic N) is 2. The molecule has 0 aliphatic carbocycles. The lowest BCUT2D eigenvalue weighted by molar-refractivity contribution is -0.154. The van der Waals surface area contributed by atoms with E-state index in [1.807, 2.05) is 24.3 Å². The topological polar surface area (TPSA) is 110 Å². The number of aromatic nitrogens is 2. The van der Waals surface area contributed by atoms with Crippen LogP contribution in [-0.2, 0) is 29.6 Å². The first-order chi connectivity index (χ1) is 15.6. The normalized spacial score (nSPS) is 13.0. The van der Waals surface area contributed by atoms with Gasteiger partial charge in [0, 0.05) is 12.0 Å². The molecule has 1 unspecified atom stereocenters. The molecule has 9 nitrogen and oxygen atoms in total. The summed E-state index contributed by atoms with van der Waals surface area (Å²) in [6, 6.07) is 7.29. The van der Waals surface area contributed by atoms with E-state index in [1.54, 1.807) is 34.6 Å². The number of ether oxygens (including phenoxy) is 2. The van der Waals surface area contributed by atoms with Crippen LogP contribution in [0.15, 0.2) is 28.8 Å². The largest absolute Gasteiger partial charge is 0.494 e. The van der Waals surface area contributed by atoms with Gasteiger partial charge in [0.05, 0.1) is 19.8 Å². The third-order valence-corrected chi connectivity index (χ3v) is 6.78. The van der Waals surface area contributed by atoms with Crippen molar-refractivity contribution in [1.29, 1.82) is 0 Å². The molecule has 0 saturated carbocycles. The maximum atomic E-state index is 13.4. The van der Waals surface area contributed by atoms with Gasteiger partial charge in [-0.05, 0) is 65.3 Å². The van der Waals surface area contributed by atoms with Gasteiger partial charge >= 0.3 is 13.6 Å². The van der Waals surface area contributed by atoms with E-state index in [2.05, 4.69) is 17.1 Å². The molecule has 1 aromatic heterocycles. The summed E-state index contributed by atoms with van der Waals surface area (Å²) >= 11 is 0. The zero-order valence-corrected chi connectivity index (χ0v) is 21.2. The Morgan fingerprint density at radius 3 is 2.27 bits per heavy atom. The van der Waals surface area contributed by atoms with Gasteiger partial charge in [0.1, 0.15) is 11.4 Å². The van der Waals surface area contributed by atoms with Gasteiger partial charge in [-0.1, -0.05) is 18.5 Å². The fraction of sp³-hybridized carbons (Fsp3) is 0.609. The van der Waals surface area contributed by atoms with Gasteiger partial charge in [0.25, 0.3) is 5.89 Å². The Balaban J connectivity index is 2.23. The van der Waals surface area contributed by atoms with Crippen molar-refractivity contribution in [2.75, 3.05) is 19.8 Å². The first-order valence-corrected chi connectivity index (χ1v) is 12.9. The van der Waals surface area contributed by atoms with E-state index in [0.29, 0.717) is 12.2 Å². The Bertz CT molecular complexity index is 912. The number of hydrogen-bond donors (Lipinski definition) is 0. The van der Waals surface area contributed by atoms with Crippen molar-refractivity contribution < 1.29 is 32.4 Å². The maximum Gasteiger partial charge on any atom is 0.345 e. The monoisotopic (exact) mass is 482 g/mol. The van der Waals surface area contributed by atoms with E-state index in [0.717, 1.165) is 18.6 Å². The molecule has 0 aliphatic heterocycles. The van der Waals surface area contributed by atoms with Gasteiger partial charge in [-0.15, -0.1) is 0 Å². The van der Waals surface area contributed by atoms with Crippen LogP contribution in [0.2, 0.25) is 0 Å². The summed E-state index contributed by atoms with van der Waals surface area (Å²) in [7, 11) is -3.83. The molecular weight excluding hydrogens is 447 g/mol. The summed E-state index contributed by atoms with van der Waals surface area (Å²) < 4.78 is 40.8. The molecule has 10 heteroatoms. The molecule has 2 rings (SSSR count). The summed E-state index contributed by atoms with van der Waals surface area (Å²) in [5.41, 5.74) is -1.30. The molecule has 33 heavy (non-hydrogen) atoms. The molecule has 0 saturated heterocycles. The number of hydrogen-bond acceptors (Lipinski definition) is 9. The molecule has 0 spiro atoms. The van der Waals surface area contributed by atoms with Gasteiger partial charge < -0.3 is 23.0 Å². The average Bonchev–Trinajstić information content (AvgIpc) is 3.20. The summed E-state index contributed by atoms with van der Waals surface area (Å²) in [4.78, 5) is 17.3. The van der Waals surface area contributed by atoms with E-state index in [1.165, 1.54) is 0 Å². The molecule has 0 fully saturated rings. The second-order valence-corrected chi connectivity index (χ2v) is 10.6. The Morgan fingerprint density at radius 2 is 1.73 bits per heavy atom. The minimum atomic E-state index is -3.83. The van der Waals surface area contributed by atoms with Crippen LogP contribution < -0.4 is 4.74 Å². The fourth-order valence-electron chi connectivity index (χ4n) is 2.93. The zero-order valence-electron chi connectivity index (χ0n) is 20.3. The molecule has 1 atom stereocenters. The Kier molecular flexibility index (Phi) is 10.1. The van der Waals surface area contributed by atoms with Crippen LogP contribution in [0.1, 0.15) is 60.2 Å². The second kappa shape index (κ2) is 12.3. The number of rotatable bonds is 13. The number of carbonyl (C=O) groups is 1. The van der Waals surface area contributed by atoms with Crippen LogP contribution in [0.25, 0.3) is 11.5 Å². The third-order valence-electron chi connectivity index (χ3n) is 4.39. The molecule has 0 radical (unpaired) electrons. The van der Waals surface area contributed by atoms with Crippen molar-refractivity contribution >= 4 is 13.6 Å². The van der Waals surface area contributed by atoms with Crippen molar-refractivity contribution in [3.8, 4) is 17.2 Å². The lowest BCUT2D eigenvalue weighted by Gasteiger charge is -2.27. The number of esters is 1. The summed E-state index contributed by atoms with van der Waals surface area (Å²) in [6.45, 7) is 11.5. The van der Waals surface area contributed by atoms with Crippen molar-refractivity contribution in [3.05, 3.63) is 30.1 Å². The quantitative estimate of drug-likeness (QED) is 0.209. The summed E-state index contributed by atoms with van der Waals surface area (Å²) in [5.74, 6) is 0.526. The lowest BCUT2D eigenvalue weighted by Crippen LogP contribution is -2.34. The molecule has 2 aromatic rings. The Morgan fingerprint density at radius 1 is 1.09 bits per heavy atom. The summed E-state index contributed by atoms with van der Waals surface area (Å²) in [5, 5.41) is 3.97. The van der Waals surface area contributed by atoms with Crippen LogP contribution in [0.3, 0.4) is 0 Å². The van der Waals surface area contributed by atoms with Gasteiger partial charge in [-0.3, -0.25) is 9.36 Å². The van der Waals surface area contributed by atoms with Crippen LogP contribution in [0.5, 0.6) is 5.75 Å². The average molecular weight is 483 g/mol. The number of benzene rings is 1. The molecule has 1 heterocycles. The first kappa shape index (κ1) is 27.0. The van der Waals surface area contributed by atoms with E-state index < -0.39 is 24.8 Å². The number of unbranched alkanes of at least 4 members (excludes halogenated alkanes) is 1. The highest BCUT2D eigenvalue weighted by Crippen LogP contribution is 2.54. The van der Waals surface area contributed by atoms with Gasteiger partial charge in [-0.2, -0.15) is 4.98 Å². The SMILES string of the molecule is CCCCOc1ccc(-c2nc(CC(C(=O)OC(C)(C)C)P(=O)(OCC)OCC)no2)cc1. The minimum absolute atomic E-state index is 0.112. The van der Waals surface area contributed by atoms with Gasteiger partial charge in [-0.25, -0.2) is 0 Å². The second-order valence-electron chi connectivity index (χ2n) is 8.37. The fourth-order valence-corrected chi connectivity index (χ4v) is 4.78. The minimum Gasteiger partial charge on any atom is -0.494 e. The molecule has 0 N–H and O–H groups in total. The molecule has 0 aliphatic rings. The van der Waals surface area contributed by atoms with Crippen molar-refractivity contribution in [2.24, 2.45) is 0 Å². The van der Waals surface area contributed by atoms with E-state index >= 15 is 0 Å². The van der Waals surface area contributed by atoms with Gasteiger partial charge in [0.15, 0.2) is 11.5 Å². The van der Waals surface area contributed by atoms with Crippen molar-refractivity contribution in [2.45, 2.75) is 72.1 Å². The first-order valence-electron chi connectivity index (χ1n) is 11.3. The molecule has 184 valence electrons. The highest BCUT2D eigenvalue weighted by molar-refractivity contribution is 7.55. The molecule has 0 bridgehead atoms. The highest BCUT2D eigenvalue weighted by atomic mass is 31.2. The predicted octanol–water partition coefficient (Wildman–Crippen LogP) is 5.43. The van der Waals surface area contributed by atoms with Crippen LogP contribution in [-0.4, -0.2) is 47.2 Å². The Labute approximate surface area is 195 Å². The summed E-state index contributed by atoms with van der Waals surface area (Å²) in [6.07, 6.45) is 1.93.